The van der Waals surface area contributed by atoms with Gasteiger partial charge in [-0.1, -0.05) is 12.8 Å². The molecule has 0 unspecified atom stereocenters. The van der Waals surface area contributed by atoms with E-state index in [9.17, 15) is 13.9 Å². The minimum Gasteiger partial charge on any atom is -0.391 e. The Kier molecular flexibility index (Phi) is 3.74. The lowest BCUT2D eigenvalue weighted by Crippen LogP contribution is -2.32. The summed E-state index contributed by atoms with van der Waals surface area (Å²) in [5, 5.41) is 10.1. The van der Waals surface area contributed by atoms with Crippen molar-refractivity contribution in [3.05, 3.63) is 35.4 Å². The highest BCUT2D eigenvalue weighted by Gasteiger charge is 2.30. The van der Waals surface area contributed by atoms with E-state index in [0.717, 1.165) is 43.9 Å². The van der Waals surface area contributed by atoms with Gasteiger partial charge in [0.1, 0.15) is 11.6 Å². The van der Waals surface area contributed by atoms with Gasteiger partial charge < -0.3 is 10.8 Å². The zero-order chi connectivity index (χ0) is 12.4. The van der Waals surface area contributed by atoms with E-state index < -0.39 is 23.8 Å². The van der Waals surface area contributed by atoms with Crippen LogP contribution in [0.3, 0.4) is 0 Å². The van der Waals surface area contributed by atoms with Gasteiger partial charge in [0, 0.05) is 5.56 Å². The molecule has 1 aliphatic carbocycles. The molecule has 17 heavy (non-hydrogen) atoms. The van der Waals surface area contributed by atoms with E-state index in [2.05, 4.69) is 0 Å². The Morgan fingerprint density at radius 2 is 1.88 bits per heavy atom. The maximum absolute atomic E-state index is 13.5. The number of aliphatic hydroxyl groups is 1. The van der Waals surface area contributed by atoms with Crippen LogP contribution in [0.15, 0.2) is 18.2 Å². The molecule has 94 valence electrons. The van der Waals surface area contributed by atoms with Crippen LogP contribution in [-0.4, -0.2) is 11.2 Å². The summed E-state index contributed by atoms with van der Waals surface area (Å²) in [6.45, 7) is 0. The summed E-state index contributed by atoms with van der Waals surface area (Å²) in [6.07, 6.45) is 3.16. The minimum atomic E-state index is -0.853. The molecule has 0 spiro atoms. The highest BCUT2D eigenvalue weighted by atomic mass is 19.1. The Labute approximate surface area is 99.4 Å². The van der Waals surface area contributed by atoms with Crippen molar-refractivity contribution >= 4 is 0 Å². The highest BCUT2D eigenvalue weighted by molar-refractivity contribution is 5.23. The SMILES string of the molecule is N[C@@H](c1cc(F)ccc1F)[C@H](O)C1CCCC1. The average molecular weight is 241 g/mol. The summed E-state index contributed by atoms with van der Waals surface area (Å²) in [7, 11) is 0. The van der Waals surface area contributed by atoms with E-state index in [1.807, 2.05) is 0 Å². The fourth-order valence-electron chi connectivity index (χ4n) is 2.55. The number of halogens is 2. The quantitative estimate of drug-likeness (QED) is 0.854. The predicted molar refractivity (Wildman–Crippen MR) is 61.3 cm³/mol. The summed E-state index contributed by atoms with van der Waals surface area (Å²) >= 11 is 0. The summed E-state index contributed by atoms with van der Waals surface area (Å²) < 4.78 is 26.6. The van der Waals surface area contributed by atoms with Crippen molar-refractivity contribution in [2.24, 2.45) is 11.7 Å². The molecule has 0 saturated heterocycles. The van der Waals surface area contributed by atoms with Gasteiger partial charge in [-0.15, -0.1) is 0 Å². The van der Waals surface area contributed by atoms with Gasteiger partial charge in [-0.3, -0.25) is 0 Å². The van der Waals surface area contributed by atoms with Crippen LogP contribution in [0.1, 0.15) is 37.3 Å². The van der Waals surface area contributed by atoms with Crippen LogP contribution < -0.4 is 5.73 Å². The number of aliphatic hydroxyl groups excluding tert-OH is 1. The first-order valence-electron chi connectivity index (χ1n) is 5.98. The van der Waals surface area contributed by atoms with Gasteiger partial charge in [0.2, 0.25) is 0 Å². The number of benzene rings is 1. The average Bonchev–Trinajstić information content (AvgIpc) is 2.84. The third-order valence-electron chi connectivity index (χ3n) is 3.57. The Morgan fingerprint density at radius 3 is 2.53 bits per heavy atom. The normalized spacial score (nSPS) is 20.5. The molecule has 0 radical (unpaired) electrons. The third kappa shape index (κ3) is 2.64. The lowest BCUT2D eigenvalue weighted by Gasteiger charge is -2.24. The van der Waals surface area contributed by atoms with Crippen molar-refractivity contribution in [2.75, 3.05) is 0 Å². The summed E-state index contributed by atoms with van der Waals surface area (Å²) in [6, 6.07) is 2.31. The molecule has 0 heterocycles. The van der Waals surface area contributed by atoms with E-state index in [1.54, 1.807) is 0 Å². The molecule has 2 nitrogen and oxygen atoms in total. The van der Waals surface area contributed by atoms with Crippen molar-refractivity contribution in [1.29, 1.82) is 0 Å². The lowest BCUT2D eigenvalue weighted by molar-refractivity contribution is 0.0832. The van der Waals surface area contributed by atoms with Crippen molar-refractivity contribution in [2.45, 2.75) is 37.8 Å². The van der Waals surface area contributed by atoms with Gasteiger partial charge in [0.15, 0.2) is 0 Å². The van der Waals surface area contributed by atoms with E-state index >= 15 is 0 Å². The lowest BCUT2D eigenvalue weighted by atomic mass is 9.90. The van der Waals surface area contributed by atoms with Gasteiger partial charge >= 0.3 is 0 Å². The van der Waals surface area contributed by atoms with Gasteiger partial charge in [-0.25, -0.2) is 8.78 Å². The Bertz CT molecular complexity index is 391. The Balaban J connectivity index is 2.17. The van der Waals surface area contributed by atoms with Crippen LogP contribution in [0.5, 0.6) is 0 Å². The van der Waals surface area contributed by atoms with Crippen LogP contribution in [0.25, 0.3) is 0 Å². The van der Waals surface area contributed by atoms with Crippen LogP contribution in [0.4, 0.5) is 8.78 Å². The smallest absolute Gasteiger partial charge is 0.128 e. The summed E-state index contributed by atoms with van der Waals surface area (Å²) in [5.41, 5.74) is 5.89. The second kappa shape index (κ2) is 5.10. The topological polar surface area (TPSA) is 46.2 Å². The first-order valence-corrected chi connectivity index (χ1v) is 5.98. The van der Waals surface area contributed by atoms with Crippen LogP contribution >= 0.6 is 0 Å². The molecular weight excluding hydrogens is 224 g/mol. The molecule has 1 aliphatic rings. The molecular formula is C13H17F2NO. The van der Waals surface area contributed by atoms with Gasteiger partial charge in [-0.2, -0.15) is 0 Å². The van der Waals surface area contributed by atoms with Gasteiger partial charge in [0.05, 0.1) is 12.1 Å². The maximum Gasteiger partial charge on any atom is 0.128 e. The monoisotopic (exact) mass is 241 g/mol. The molecule has 3 N–H and O–H groups in total. The van der Waals surface area contributed by atoms with Crippen LogP contribution in [0, 0.1) is 17.6 Å². The summed E-state index contributed by atoms with van der Waals surface area (Å²) in [5.74, 6) is -0.987. The van der Waals surface area contributed by atoms with E-state index in [0.29, 0.717) is 0 Å². The molecule has 0 aliphatic heterocycles. The Morgan fingerprint density at radius 1 is 1.24 bits per heavy atom. The zero-order valence-corrected chi connectivity index (χ0v) is 9.57. The fourth-order valence-corrected chi connectivity index (χ4v) is 2.55. The largest absolute Gasteiger partial charge is 0.391 e. The number of hydrogen-bond donors (Lipinski definition) is 2. The van der Waals surface area contributed by atoms with Crippen molar-refractivity contribution in [3.63, 3.8) is 0 Å². The standard InChI is InChI=1S/C13H17F2NO/c14-9-5-6-11(15)10(7-9)12(16)13(17)8-3-1-2-4-8/h5-8,12-13,17H,1-4,16H2/t12-,13+/m0/s1. The number of nitrogens with two attached hydrogens (primary N) is 1. The number of hydrogen-bond acceptors (Lipinski definition) is 2. The van der Waals surface area contributed by atoms with Gasteiger partial charge in [-0.05, 0) is 37.0 Å². The second-order valence-electron chi connectivity index (χ2n) is 4.73. The second-order valence-corrected chi connectivity index (χ2v) is 4.73. The van der Waals surface area contributed by atoms with Crippen molar-refractivity contribution in [3.8, 4) is 0 Å². The minimum absolute atomic E-state index is 0.0596. The van der Waals surface area contributed by atoms with Gasteiger partial charge in [0.25, 0.3) is 0 Å². The van der Waals surface area contributed by atoms with E-state index in [1.165, 1.54) is 0 Å². The van der Waals surface area contributed by atoms with Crippen molar-refractivity contribution < 1.29 is 13.9 Å². The maximum atomic E-state index is 13.5. The molecule has 2 rings (SSSR count). The van der Waals surface area contributed by atoms with Crippen LogP contribution in [0.2, 0.25) is 0 Å². The molecule has 1 aromatic rings. The first kappa shape index (κ1) is 12.5. The fraction of sp³-hybridized carbons (Fsp3) is 0.538. The highest BCUT2D eigenvalue weighted by Crippen LogP contribution is 2.33. The molecule has 0 aromatic heterocycles. The van der Waals surface area contributed by atoms with Crippen molar-refractivity contribution in [1.82, 2.24) is 0 Å². The Hall–Kier alpha value is -1.00. The molecule has 1 saturated carbocycles. The predicted octanol–water partition coefficient (Wildman–Crippen LogP) is 2.52. The molecule has 0 bridgehead atoms. The number of rotatable bonds is 3. The molecule has 0 amide bonds. The molecule has 1 fully saturated rings. The van der Waals surface area contributed by atoms with E-state index in [4.69, 9.17) is 5.73 Å². The van der Waals surface area contributed by atoms with E-state index in [-0.39, 0.29) is 11.5 Å². The molecule has 4 heteroatoms. The van der Waals surface area contributed by atoms with Crippen LogP contribution in [-0.2, 0) is 0 Å². The zero-order valence-electron chi connectivity index (χ0n) is 9.57. The molecule has 1 aromatic carbocycles. The summed E-state index contributed by atoms with van der Waals surface area (Å²) in [4.78, 5) is 0. The molecule has 2 atom stereocenters. The third-order valence-corrected chi connectivity index (χ3v) is 3.57. The first-order chi connectivity index (χ1) is 8.09.